The first kappa shape index (κ1) is 15.7. The first-order chi connectivity index (χ1) is 12.2. The van der Waals surface area contributed by atoms with Gasteiger partial charge >= 0.3 is 0 Å². The number of anilines is 1. The van der Waals surface area contributed by atoms with Gasteiger partial charge in [0.05, 0.1) is 35.3 Å². The molecule has 126 valence electrons. The maximum Gasteiger partial charge on any atom is 0.206 e. The number of aromatic nitrogens is 2. The Morgan fingerprint density at radius 3 is 2.52 bits per heavy atom. The molecular formula is C20H20N4O. The first-order valence-electron chi connectivity index (χ1n) is 8.62. The van der Waals surface area contributed by atoms with Gasteiger partial charge in [-0.3, -0.25) is 0 Å². The standard InChI is InChI=1S/C20H20N4O/c21-13-15-5-7-16(8-6-15)14-24-19-4-2-1-3-18(19)22-20(24)23-11-9-17(25)10-12-23/h1-8,17,25H,9-12,14H2. The van der Waals surface area contributed by atoms with Crippen LogP contribution in [0.2, 0.25) is 0 Å². The van der Waals surface area contributed by atoms with Gasteiger partial charge in [0.2, 0.25) is 5.95 Å². The van der Waals surface area contributed by atoms with E-state index < -0.39 is 0 Å². The first-order valence-corrected chi connectivity index (χ1v) is 8.62. The van der Waals surface area contributed by atoms with E-state index in [1.54, 1.807) is 0 Å². The van der Waals surface area contributed by atoms with Gasteiger partial charge < -0.3 is 14.6 Å². The van der Waals surface area contributed by atoms with E-state index in [0.29, 0.717) is 12.1 Å². The average molecular weight is 332 g/mol. The maximum atomic E-state index is 9.79. The van der Waals surface area contributed by atoms with Crippen LogP contribution in [-0.2, 0) is 6.54 Å². The van der Waals surface area contributed by atoms with E-state index in [-0.39, 0.29) is 6.10 Å². The SMILES string of the molecule is N#Cc1ccc(Cn2c(N3CCC(O)CC3)nc3ccccc32)cc1. The van der Waals surface area contributed by atoms with Gasteiger partial charge in [-0.1, -0.05) is 24.3 Å². The molecule has 1 aliphatic rings. The molecule has 0 amide bonds. The number of hydrogen-bond acceptors (Lipinski definition) is 4. The highest BCUT2D eigenvalue weighted by Crippen LogP contribution is 2.26. The minimum absolute atomic E-state index is 0.201. The van der Waals surface area contributed by atoms with Crippen molar-refractivity contribution in [2.75, 3.05) is 18.0 Å². The number of nitrogens with zero attached hydrogens (tertiary/aromatic N) is 4. The second-order valence-corrected chi connectivity index (χ2v) is 6.51. The van der Waals surface area contributed by atoms with Crippen LogP contribution in [0.25, 0.3) is 11.0 Å². The molecule has 2 aromatic carbocycles. The van der Waals surface area contributed by atoms with Crippen molar-refractivity contribution in [1.29, 1.82) is 5.26 Å². The lowest BCUT2D eigenvalue weighted by atomic mass is 10.1. The molecule has 25 heavy (non-hydrogen) atoms. The molecule has 0 aliphatic carbocycles. The number of hydrogen-bond donors (Lipinski definition) is 1. The summed E-state index contributed by atoms with van der Waals surface area (Å²) in [7, 11) is 0. The summed E-state index contributed by atoms with van der Waals surface area (Å²) in [4.78, 5) is 7.11. The van der Waals surface area contributed by atoms with Crippen molar-refractivity contribution in [1.82, 2.24) is 9.55 Å². The van der Waals surface area contributed by atoms with Crippen LogP contribution in [0.1, 0.15) is 24.0 Å². The molecule has 1 saturated heterocycles. The summed E-state index contributed by atoms with van der Waals surface area (Å²) < 4.78 is 2.23. The summed E-state index contributed by atoms with van der Waals surface area (Å²) in [6.07, 6.45) is 1.35. The Labute approximate surface area is 146 Å². The third kappa shape index (κ3) is 3.09. The lowest BCUT2D eigenvalue weighted by Gasteiger charge is -2.30. The molecule has 0 radical (unpaired) electrons. The minimum atomic E-state index is -0.201. The third-order valence-corrected chi connectivity index (χ3v) is 4.81. The Morgan fingerprint density at radius 1 is 1.08 bits per heavy atom. The van der Waals surface area contributed by atoms with Crippen LogP contribution in [0.5, 0.6) is 0 Å². The van der Waals surface area contributed by atoms with Gasteiger partial charge in [-0.25, -0.2) is 4.98 Å². The zero-order chi connectivity index (χ0) is 17.2. The summed E-state index contributed by atoms with van der Waals surface area (Å²) in [6.45, 7) is 2.34. The Hall–Kier alpha value is -2.84. The number of para-hydroxylation sites is 2. The molecule has 0 bridgehead atoms. The maximum absolute atomic E-state index is 9.79. The number of benzene rings is 2. The van der Waals surface area contributed by atoms with Crippen molar-refractivity contribution in [2.45, 2.75) is 25.5 Å². The number of rotatable bonds is 3. The number of fused-ring (bicyclic) bond motifs is 1. The molecule has 0 unspecified atom stereocenters. The summed E-state index contributed by atoms with van der Waals surface area (Å²) in [5.41, 5.74) is 3.90. The van der Waals surface area contributed by atoms with Crippen molar-refractivity contribution in [2.24, 2.45) is 0 Å². The predicted octanol–water partition coefficient (Wildman–Crippen LogP) is 2.92. The van der Waals surface area contributed by atoms with Crippen molar-refractivity contribution in [3.05, 3.63) is 59.7 Å². The normalized spacial score (nSPS) is 15.4. The zero-order valence-corrected chi connectivity index (χ0v) is 14.0. The molecule has 5 heteroatoms. The number of piperidine rings is 1. The summed E-state index contributed by atoms with van der Waals surface area (Å²) in [5, 5.41) is 18.8. The highest BCUT2D eigenvalue weighted by atomic mass is 16.3. The molecule has 3 aromatic rings. The zero-order valence-electron chi connectivity index (χ0n) is 14.0. The fourth-order valence-electron chi connectivity index (χ4n) is 3.39. The molecule has 0 spiro atoms. The fraction of sp³-hybridized carbons (Fsp3) is 0.300. The van der Waals surface area contributed by atoms with Gasteiger partial charge in [0.25, 0.3) is 0 Å². The largest absolute Gasteiger partial charge is 0.393 e. The topological polar surface area (TPSA) is 65.1 Å². The molecule has 4 rings (SSSR count). The van der Waals surface area contributed by atoms with Crippen LogP contribution in [0.15, 0.2) is 48.5 Å². The Bertz CT molecular complexity index is 915. The minimum Gasteiger partial charge on any atom is -0.393 e. The van der Waals surface area contributed by atoms with Gasteiger partial charge in [-0.2, -0.15) is 5.26 Å². The Morgan fingerprint density at radius 2 is 1.80 bits per heavy atom. The molecule has 1 N–H and O–H groups in total. The third-order valence-electron chi connectivity index (χ3n) is 4.81. The second-order valence-electron chi connectivity index (χ2n) is 6.51. The van der Waals surface area contributed by atoms with E-state index in [4.69, 9.17) is 10.2 Å². The molecule has 5 nitrogen and oxygen atoms in total. The van der Waals surface area contributed by atoms with E-state index >= 15 is 0 Å². The van der Waals surface area contributed by atoms with Gasteiger partial charge in [-0.15, -0.1) is 0 Å². The van der Waals surface area contributed by atoms with Crippen molar-refractivity contribution < 1.29 is 5.11 Å². The summed E-state index contributed by atoms with van der Waals surface area (Å²) in [6, 6.07) is 18.0. The van der Waals surface area contributed by atoms with Crippen LogP contribution in [-0.4, -0.2) is 33.9 Å². The predicted molar refractivity (Wildman–Crippen MR) is 97.4 cm³/mol. The second kappa shape index (κ2) is 6.58. The van der Waals surface area contributed by atoms with Crippen LogP contribution < -0.4 is 4.90 Å². The Balaban J connectivity index is 1.72. The van der Waals surface area contributed by atoms with Gasteiger partial charge in [0.15, 0.2) is 0 Å². The quantitative estimate of drug-likeness (QED) is 0.801. The van der Waals surface area contributed by atoms with Gasteiger partial charge in [0.1, 0.15) is 0 Å². The van der Waals surface area contributed by atoms with Crippen LogP contribution in [0, 0.1) is 11.3 Å². The molecule has 0 saturated carbocycles. The molecule has 1 aromatic heterocycles. The van der Waals surface area contributed by atoms with E-state index in [9.17, 15) is 5.11 Å². The lowest BCUT2D eigenvalue weighted by molar-refractivity contribution is 0.145. The summed E-state index contributed by atoms with van der Waals surface area (Å²) >= 11 is 0. The summed E-state index contributed by atoms with van der Waals surface area (Å²) in [5.74, 6) is 0.956. The molecule has 1 aliphatic heterocycles. The van der Waals surface area contributed by atoms with Gasteiger partial charge in [-0.05, 0) is 42.7 Å². The van der Waals surface area contributed by atoms with E-state index in [1.807, 2.05) is 42.5 Å². The average Bonchev–Trinajstić information content (AvgIpc) is 3.02. The monoisotopic (exact) mass is 332 g/mol. The van der Waals surface area contributed by atoms with Crippen LogP contribution >= 0.6 is 0 Å². The molecule has 0 atom stereocenters. The highest BCUT2D eigenvalue weighted by molar-refractivity contribution is 5.79. The van der Waals surface area contributed by atoms with E-state index in [0.717, 1.165) is 48.5 Å². The number of aliphatic hydroxyl groups is 1. The number of nitriles is 1. The van der Waals surface area contributed by atoms with Crippen LogP contribution in [0.4, 0.5) is 5.95 Å². The Kier molecular flexibility index (Phi) is 4.12. The molecule has 2 heterocycles. The van der Waals surface area contributed by atoms with Crippen molar-refractivity contribution >= 4 is 17.0 Å². The van der Waals surface area contributed by atoms with E-state index in [1.165, 1.54) is 0 Å². The van der Waals surface area contributed by atoms with Crippen LogP contribution in [0.3, 0.4) is 0 Å². The van der Waals surface area contributed by atoms with Gasteiger partial charge in [0, 0.05) is 13.1 Å². The van der Waals surface area contributed by atoms with Crippen molar-refractivity contribution in [3.63, 3.8) is 0 Å². The van der Waals surface area contributed by atoms with E-state index in [2.05, 4.69) is 21.6 Å². The fourth-order valence-corrected chi connectivity index (χ4v) is 3.39. The smallest absolute Gasteiger partial charge is 0.206 e. The number of aliphatic hydroxyl groups excluding tert-OH is 1. The van der Waals surface area contributed by atoms with Crippen molar-refractivity contribution in [3.8, 4) is 6.07 Å². The molecule has 1 fully saturated rings. The lowest BCUT2D eigenvalue weighted by Crippen LogP contribution is -2.37. The highest BCUT2D eigenvalue weighted by Gasteiger charge is 2.22. The number of imidazole rings is 1. The molecular weight excluding hydrogens is 312 g/mol.